The van der Waals surface area contributed by atoms with E-state index < -0.39 is 0 Å². The van der Waals surface area contributed by atoms with E-state index in [-0.39, 0.29) is 6.04 Å². The van der Waals surface area contributed by atoms with Crippen molar-refractivity contribution in [1.29, 1.82) is 0 Å². The lowest BCUT2D eigenvalue weighted by molar-refractivity contribution is 0.396. The molecule has 0 aliphatic heterocycles. The van der Waals surface area contributed by atoms with Gasteiger partial charge in [-0.15, -0.1) is 0 Å². The SMILES string of the molecule is COc1ccc(OC)c(C(N)CSc2ncn[nH]2)c1. The van der Waals surface area contributed by atoms with Crippen molar-refractivity contribution in [3.63, 3.8) is 0 Å². The van der Waals surface area contributed by atoms with Gasteiger partial charge in [0, 0.05) is 17.4 Å². The number of H-pyrrole nitrogens is 1. The third-order valence-electron chi connectivity index (χ3n) is 2.63. The van der Waals surface area contributed by atoms with Crippen molar-refractivity contribution in [2.45, 2.75) is 11.2 Å². The smallest absolute Gasteiger partial charge is 0.183 e. The number of hydrogen-bond acceptors (Lipinski definition) is 6. The van der Waals surface area contributed by atoms with Gasteiger partial charge in [-0.05, 0) is 18.2 Å². The Morgan fingerprint density at radius 2 is 2.21 bits per heavy atom. The highest BCUT2D eigenvalue weighted by Crippen LogP contribution is 2.30. The van der Waals surface area contributed by atoms with E-state index in [0.29, 0.717) is 5.75 Å². The molecule has 7 heteroatoms. The number of thioether (sulfide) groups is 1. The zero-order valence-electron chi connectivity index (χ0n) is 10.8. The maximum atomic E-state index is 6.19. The van der Waals surface area contributed by atoms with E-state index in [9.17, 15) is 0 Å². The van der Waals surface area contributed by atoms with Crippen molar-refractivity contribution in [3.05, 3.63) is 30.1 Å². The molecule has 0 aliphatic carbocycles. The van der Waals surface area contributed by atoms with E-state index in [2.05, 4.69) is 15.2 Å². The molecule has 6 nitrogen and oxygen atoms in total. The predicted molar refractivity (Wildman–Crippen MR) is 73.6 cm³/mol. The van der Waals surface area contributed by atoms with Gasteiger partial charge in [-0.3, -0.25) is 5.10 Å². The van der Waals surface area contributed by atoms with Crippen LogP contribution in [0.2, 0.25) is 0 Å². The predicted octanol–water partition coefficient (Wildman–Crippen LogP) is 1.61. The van der Waals surface area contributed by atoms with Crippen LogP contribution < -0.4 is 15.2 Å². The highest BCUT2D eigenvalue weighted by atomic mass is 32.2. The number of aromatic nitrogens is 3. The summed E-state index contributed by atoms with van der Waals surface area (Å²) in [6.45, 7) is 0. The Balaban J connectivity index is 2.10. The fourth-order valence-electron chi connectivity index (χ4n) is 1.65. The van der Waals surface area contributed by atoms with Gasteiger partial charge in [0.05, 0.1) is 14.2 Å². The Hall–Kier alpha value is -1.73. The minimum atomic E-state index is -0.180. The molecule has 2 aromatic rings. The van der Waals surface area contributed by atoms with Crippen molar-refractivity contribution >= 4 is 11.8 Å². The van der Waals surface area contributed by atoms with Crippen molar-refractivity contribution in [1.82, 2.24) is 15.2 Å². The summed E-state index contributed by atoms with van der Waals surface area (Å²) in [6.07, 6.45) is 1.47. The lowest BCUT2D eigenvalue weighted by Crippen LogP contribution is -2.14. The molecule has 0 aliphatic rings. The Labute approximate surface area is 115 Å². The molecule has 0 saturated carbocycles. The van der Waals surface area contributed by atoms with Gasteiger partial charge in [0.15, 0.2) is 5.16 Å². The number of aromatic amines is 1. The Kier molecular flexibility index (Phi) is 4.64. The summed E-state index contributed by atoms with van der Waals surface area (Å²) in [4.78, 5) is 4.04. The third-order valence-corrected chi connectivity index (χ3v) is 3.62. The fourth-order valence-corrected chi connectivity index (χ4v) is 2.41. The summed E-state index contributed by atoms with van der Waals surface area (Å²) in [5.41, 5.74) is 7.10. The van der Waals surface area contributed by atoms with Crippen molar-refractivity contribution in [2.24, 2.45) is 5.73 Å². The van der Waals surface area contributed by atoms with E-state index >= 15 is 0 Å². The molecule has 3 N–H and O–H groups in total. The fraction of sp³-hybridized carbons (Fsp3) is 0.333. The highest BCUT2D eigenvalue weighted by molar-refractivity contribution is 7.99. The molecular weight excluding hydrogens is 264 g/mol. The summed E-state index contributed by atoms with van der Waals surface area (Å²) in [5, 5.41) is 7.32. The quantitative estimate of drug-likeness (QED) is 0.782. The first-order valence-corrected chi connectivity index (χ1v) is 6.69. The number of nitrogens with zero attached hydrogens (tertiary/aromatic N) is 2. The van der Waals surface area contributed by atoms with Crippen molar-refractivity contribution in [3.8, 4) is 11.5 Å². The highest BCUT2D eigenvalue weighted by Gasteiger charge is 2.14. The number of rotatable bonds is 6. The summed E-state index contributed by atoms with van der Waals surface area (Å²) in [6, 6.07) is 5.41. The standard InChI is InChI=1S/C12H16N4O2S/c1-17-8-3-4-11(18-2)9(5-8)10(13)6-19-12-14-7-15-16-12/h3-5,7,10H,6,13H2,1-2H3,(H,14,15,16). The van der Waals surface area contributed by atoms with Gasteiger partial charge in [0.25, 0.3) is 0 Å². The maximum absolute atomic E-state index is 6.19. The molecule has 1 unspecified atom stereocenters. The molecule has 0 fully saturated rings. The van der Waals surface area contributed by atoms with Crippen LogP contribution in [0.25, 0.3) is 0 Å². The first kappa shape index (κ1) is 13.7. The van der Waals surface area contributed by atoms with E-state index in [4.69, 9.17) is 15.2 Å². The van der Waals surface area contributed by atoms with Crippen LogP contribution in [0.4, 0.5) is 0 Å². The van der Waals surface area contributed by atoms with E-state index in [1.165, 1.54) is 18.1 Å². The Morgan fingerprint density at radius 3 is 2.84 bits per heavy atom. The molecule has 0 radical (unpaired) electrons. The summed E-state index contributed by atoms with van der Waals surface area (Å²) >= 11 is 1.51. The molecule has 2 rings (SSSR count). The summed E-state index contributed by atoms with van der Waals surface area (Å²) < 4.78 is 10.5. The normalized spacial score (nSPS) is 12.2. The molecular formula is C12H16N4O2S. The van der Waals surface area contributed by atoms with Gasteiger partial charge in [0.1, 0.15) is 17.8 Å². The maximum Gasteiger partial charge on any atom is 0.183 e. The van der Waals surface area contributed by atoms with E-state index in [0.717, 1.165) is 22.2 Å². The molecule has 0 saturated heterocycles. The minimum absolute atomic E-state index is 0.180. The lowest BCUT2D eigenvalue weighted by atomic mass is 10.1. The topological polar surface area (TPSA) is 86.1 Å². The number of nitrogens with one attached hydrogen (secondary N) is 1. The summed E-state index contributed by atoms with van der Waals surface area (Å²) in [5.74, 6) is 2.18. The molecule has 1 heterocycles. The Morgan fingerprint density at radius 1 is 1.37 bits per heavy atom. The van der Waals surface area contributed by atoms with E-state index in [1.807, 2.05) is 18.2 Å². The minimum Gasteiger partial charge on any atom is -0.497 e. The van der Waals surface area contributed by atoms with Gasteiger partial charge in [-0.2, -0.15) is 5.10 Å². The molecule has 1 aromatic heterocycles. The van der Waals surface area contributed by atoms with E-state index in [1.54, 1.807) is 14.2 Å². The van der Waals surface area contributed by atoms with Gasteiger partial charge < -0.3 is 15.2 Å². The van der Waals surface area contributed by atoms with Crippen LogP contribution in [-0.2, 0) is 0 Å². The summed E-state index contributed by atoms with van der Waals surface area (Å²) in [7, 11) is 3.25. The average Bonchev–Trinajstić information content (AvgIpc) is 2.97. The molecule has 1 aromatic carbocycles. The zero-order valence-corrected chi connectivity index (χ0v) is 11.6. The number of methoxy groups -OCH3 is 2. The number of benzene rings is 1. The van der Waals surface area contributed by atoms with Gasteiger partial charge in [-0.25, -0.2) is 4.98 Å². The number of hydrogen-bond donors (Lipinski definition) is 2. The Bertz CT molecular complexity index is 518. The van der Waals surface area contributed by atoms with Gasteiger partial charge in [-0.1, -0.05) is 11.8 Å². The van der Waals surface area contributed by atoms with Crippen LogP contribution in [0.15, 0.2) is 29.7 Å². The van der Waals surface area contributed by atoms with Crippen LogP contribution in [0, 0.1) is 0 Å². The van der Waals surface area contributed by atoms with Crippen LogP contribution in [0.3, 0.4) is 0 Å². The second-order valence-electron chi connectivity index (χ2n) is 3.82. The van der Waals surface area contributed by atoms with Crippen molar-refractivity contribution < 1.29 is 9.47 Å². The zero-order chi connectivity index (χ0) is 13.7. The molecule has 19 heavy (non-hydrogen) atoms. The molecule has 102 valence electrons. The first-order valence-electron chi connectivity index (χ1n) is 5.70. The van der Waals surface area contributed by atoms with Gasteiger partial charge in [0.2, 0.25) is 0 Å². The molecule has 0 amide bonds. The van der Waals surface area contributed by atoms with Crippen molar-refractivity contribution in [2.75, 3.05) is 20.0 Å². The molecule has 0 spiro atoms. The van der Waals surface area contributed by atoms with Gasteiger partial charge >= 0.3 is 0 Å². The second kappa shape index (κ2) is 6.44. The average molecular weight is 280 g/mol. The van der Waals surface area contributed by atoms with Crippen LogP contribution >= 0.6 is 11.8 Å². The largest absolute Gasteiger partial charge is 0.497 e. The monoisotopic (exact) mass is 280 g/mol. The third kappa shape index (κ3) is 3.39. The number of ether oxygens (including phenoxy) is 2. The number of nitrogens with two attached hydrogens (primary N) is 1. The molecule has 1 atom stereocenters. The first-order chi connectivity index (χ1) is 9.24. The molecule has 0 bridgehead atoms. The van der Waals surface area contributed by atoms with Crippen LogP contribution in [0.1, 0.15) is 11.6 Å². The van der Waals surface area contributed by atoms with Crippen LogP contribution in [0.5, 0.6) is 11.5 Å². The van der Waals surface area contributed by atoms with Crippen LogP contribution in [-0.4, -0.2) is 35.2 Å². The lowest BCUT2D eigenvalue weighted by Gasteiger charge is -2.16. The second-order valence-corrected chi connectivity index (χ2v) is 4.82.